The van der Waals surface area contributed by atoms with Gasteiger partial charge in [-0.25, -0.2) is 4.39 Å². The fourth-order valence-corrected chi connectivity index (χ4v) is 1.10. The highest BCUT2D eigenvalue weighted by molar-refractivity contribution is 6.19. The summed E-state index contributed by atoms with van der Waals surface area (Å²) in [6.07, 6.45) is -1.86. The summed E-state index contributed by atoms with van der Waals surface area (Å²) in [5.74, 6) is -1.69. The van der Waals surface area contributed by atoms with E-state index in [4.69, 9.17) is 11.6 Å². The largest absolute Gasteiger partial charge is 0.573 e. The van der Waals surface area contributed by atoms with Crippen LogP contribution in [0.1, 0.15) is 5.56 Å². The molecule has 0 radical (unpaired) electrons. The first-order chi connectivity index (χ1) is 7.42. The molecule has 1 rings (SSSR count). The van der Waals surface area contributed by atoms with Crippen LogP contribution in [0.3, 0.4) is 0 Å². The van der Waals surface area contributed by atoms with Crippen molar-refractivity contribution >= 4 is 17.7 Å². The predicted octanol–water partition coefficient (Wildman–Crippen LogP) is 3.98. The topological polar surface area (TPSA) is 9.23 Å². The molecule has 0 atom stereocenters. The molecular weight excluding hydrogens is 248 g/mol. The molecule has 16 heavy (non-hydrogen) atoms. The Hall–Kier alpha value is -1.23. The maximum atomic E-state index is 13.1. The standard InChI is InChI=1S/C10H7ClF4O/c11-5-1-2-7-3-4-9(8(12)6-7)16-10(13,14)15/h1-4,6H,5H2. The molecule has 0 spiro atoms. The maximum Gasteiger partial charge on any atom is 0.573 e. The van der Waals surface area contributed by atoms with Crippen LogP contribution in [-0.4, -0.2) is 12.2 Å². The molecule has 0 aliphatic carbocycles. The van der Waals surface area contributed by atoms with E-state index in [1.807, 2.05) is 0 Å². The molecular formula is C10H7ClF4O. The highest BCUT2D eigenvalue weighted by Gasteiger charge is 2.32. The third-order valence-corrected chi connectivity index (χ3v) is 1.76. The number of hydrogen-bond acceptors (Lipinski definition) is 1. The molecule has 0 N–H and O–H groups in total. The Labute approximate surface area is 94.3 Å². The zero-order valence-corrected chi connectivity index (χ0v) is 8.65. The quantitative estimate of drug-likeness (QED) is 0.586. The molecule has 0 amide bonds. The van der Waals surface area contributed by atoms with E-state index < -0.39 is 17.9 Å². The second-order valence-corrected chi connectivity index (χ2v) is 3.10. The Kier molecular flexibility index (Phi) is 4.18. The Morgan fingerprint density at radius 1 is 1.31 bits per heavy atom. The van der Waals surface area contributed by atoms with Crippen molar-refractivity contribution in [3.05, 3.63) is 35.7 Å². The molecule has 0 fully saturated rings. The lowest BCUT2D eigenvalue weighted by molar-refractivity contribution is -0.275. The number of halogens is 5. The van der Waals surface area contributed by atoms with Gasteiger partial charge in [0.25, 0.3) is 0 Å². The van der Waals surface area contributed by atoms with Gasteiger partial charge in [-0.2, -0.15) is 0 Å². The number of benzene rings is 1. The van der Waals surface area contributed by atoms with Crippen LogP contribution in [-0.2, 0) is 0 Å². The molecule has 88 valence electrons. The lowest BCUT2D eigenvalue weighted by Gasteiger charge is -2.09. The normalized spacial score (nSPS) is 12.1. The van der Waals surface area contributed by atoms with Crippen LogP contribution in [0.4, 0.5) is 17.6 Å². The van der Waals surface area contributed by atoms with Crippen LogP contribution >= 0.6 is 11.6 Å². The SMILES string of the molecule is Fc1cc(C=CCCl)ccc1OC(F)(F)F. The first-order valence-corrected chi connectivity index (χ1v) is 4.73. The van der Waals surface area contributed by atoms with Gasteiger partial charge in [0, 0.05) is 5.88 Å². The average molecular weight is 255 g/mol. The highest BCUT2D eigenvalue weighted by Crippen LogP contribution is 2.26. The number of hydrogen-bond donors (Lipinski definition) is 0. The van der Waals surface area contributed by atoms with E-state index in [2.05, 4.69) is 4.74 Å². The van der Waals surface area contributed by atoms with Crippen LogP contribution in [0.15, 0.2) is 24.3 Å². The smallest absolute Gasteiger partial charge is 0.403 e. The predicted molar refractivity (Wildman–Crippen MR) is 52.8 cm³/mol. The lowest BCUT2D eigenvalue weighted by Crippen LogP contribution is -2.17. The van der Waals surface area contributed by atoms with Gasteiger partial charge in [0.1, 0.15) is 0 Å². The molecule has 0 unspecified atom stereocenters. The fourth-order valence-electron chi connectivity index (χ4n) is 1.01. The van der Waals surface area contributed by atoms with Crippen molar-refractivity contribution in [3.8, 4) is 5.75 Å². The van der Waals surface area contributed by atoms with Crippen molar-refractivity contribution in [1.29, 1.82) is 0 Å². The zero-order valence-electron chi connectivity index (χ0n) is 7.89. The van der Waals surface area contributed by atoms with Crippen molar-refractivity contribution < 1.29 is 22.3 Å². The molecule has 1 aromatic rings. The van der Waals surface area contributed by atoms with Crippen molar-refractivity contribution in [1.82, 2.24) is 0 Å². The molecule has 0 saturated heterocycles. The number of alkyl halides is 4. The first kappa shape index (κ1) is 12.8. The average Bonchev–Trinajstić information content (AvgIpc) is 2.17. The number of allylic oxidation sites excluding steroid dienone is 1. The highest BCUT2D eigenvalue weighted by atomic mass is 35.5. The van der Waals surface area contributed by atoms with Crippen LogP contribution in [0, 0.1) is 5.82 Å². The molecule has 0 aromatic heterocycles. The monoisotopic (exact) mass is 254 g/mol. The van der Waals surface area contributed by atoms with E-state index in [0.29, 0.717) is 5.56 Å². The maximum absolute atomic E-state index is 13.1. The molecule has 0 heterocycles. The molecule has 0 aliphatic rings. The van der Waals surface area contributed by atoms with Crippen molar-refractivity contribution in [2.45, 2.75) is 6.36 Å². The van der Waals surface area contributed by atoms with Gasteiger partial charge in [0.05, 0.1) is 0 Å². The minimum atomic E-state index is -4.89. The summed E-state index contributed by atoms with van der Waals surface area (Å²) < 4.78 is 52.0. The van der Waals surface area contributed by atoms with Crippen molar-refractivity contribution in [2.75, 3.05) is 5.88 Å². The van der Waals surface area contributed by atoms with E-state index in [-0.39, 0.29) is 5.88 Å². The Morgan fingerprint density at radius 3 is 2.50 bits per heavy atom. The van der Waals surface area contributed by atoms with E-state index in [9.17, 15) is 17.6 Å². The molecule has 1 nitrogen and oxygen atoms in total. The van der Waals surface area contributed by atoms with E-state index >= 15 is 0 Å². The minimum Gasteiger partial charge on any atom is -0.403 e. The third-order valence-electron chi connectivity index (χ3n) is 1.58. The molecule has 0 saturated carbocycles. The molecule has 6 heteroatoms. The van der Waals surface area contributed by atoms with Gasteiger partial charge in [-0.3, -0.25) is 0 Å². The second kappa shape index (κ2) is 5.21. The minimum absolute atomic E-state index is 0.239. The van der Waals surface area contributed by atoms with Gasteiger partial charge in [-0.15, -0.1) is 24.8 Å². The Morgan fingerprint density at radius 2 is 2.00 bits per heavy atom. The van der Waals surface area contributed by atoms with E-state index in [1.54, 1.807) is 6.08 Å². The summed E-state index contributed by atoms with van der Waals surface area (Å²) in [5, 5.41) is 0. The molecule has 0 bridgehead atoms. The fraction of sp³-hybridized carbons (Fsp3) is 0.200. The second-order valence-electron chi connectivity index (χ2n) is 2.79. The van der Waals surface area contributed by atoms with Crippen LogP contribution < -0.4 is 4.74 Å². The summed E-state index contributed by atoms with van der Waals surface area (Å²) in [7, 11) is 0. The summed E-state index contributed by atoms with van der Waals surface area (Å²) in [6.45, 7) is 0. The summed E-state index contributed by atoms with van der Waals surface area (Å²) in [5.41, 5.74) is 0.410. The Bertz CT molecular complexity index is 387. The summed E-state index contributed by atoms with van der Waals surface area (Å²) in [4.78, 5) is 0. The lowest BCUT2D eigenvalue weighted by atomic mass is 10.2. The summed E-state index contributed by atoms with van der Waals surface area (Å²) >= 11 is 5.36. The van der Waals surface area contributed by atoms with Crippen molar-refractivity contribution in [2.24, 2.45) is 0 Å². The van der Waals surface area contributed by atoms with Crippen molar-refractivity contribution in [3.63, 3.8) is 0 Å². The van der Waals surface area contributed by atoms with E-state index in [1.165, 1.54) is 12.1 Å². The van der Waals surface area contributed by atoms with Crippen LogP contribution in [0.5, 0.6) is 5.75 Å². The van der Waals surface area contributed by atoms with Gasteiger partial charge in [0.15, 0.2) is 11.6 Å². The van der Waals surface area contributed by atoms with Crippen LogP contribution in [0.2, 0.25) is 0 Å². The van der Waals surface area contributed by atoms with Crippen LogP contribution in [0.25, 0.3) is 6.08 Å². The molecule has 1 aromatic carbocycles. The molecule has 0 aliphatic heterocycles. The van der Waals surface area contributed by atoms with Gasteiger partial charge in [-0.1, -0.05) is 18.2 Å². The van der Waals surface area contributed by atoms with Gasteiger partial charge in [0.2, 0.25) is 0 Å². The Balaban J connectivity index is 2.87. The van der Waals surface area contributed by atoms with E-state index in [0.717, 1.165) is 12.1 Å². The van der Waals surface area contributed by atoms with Gasteiger partial charge >= 0.3 is 6.36 Å². The van der Waals surface area contributed by atoms with Gasteiger partial charge in [-0.05, 0) is 17.7 Å². The van der Waals surface area contributed by atoms with Gasteiger partial charge < -0.3 is 4.74 Å². The summed E-state index contributed by atoms with van der Waals surface area (Å²) in [6, 6.07) is 3.15. The zero-order chi connectivity index (χ0) is 12.2. The first-order valence-electron chi connectivity index (χ1n) is 4.20. The third kappa shape index (κ3) is 4.10. The number of rotatable bonds is 3. The number of ether oxygens (including phenoxy) is 1.